The first kappa shape index (κ1) is 11.8. The van der Waals surface area contributed by atoms with Crippen LogP contribution in [-0.4, -0.2) is 16.5 Å². The molecule has 0 bridgehead atoms. The van der Waals surface area contributed by atoms with Crippen LogP contribution < -0.4 is 5.32 Å². The van der Waals surface area contributed by atoms with E-state index in [9.17, 15) is 0 Å². The molecular formula is C14H17N3S. The number of hydrogen-bond acceptors (Lipinski definition) is 4. The van der Waals surface area contributed by atoms with Crippen LogP contribution >= 0.6 is 11.3 Å². The first-order valence-electron chi connectivity index (χ1n) is 6.49. The van der Waals surface area contributed by atoms with E-state index in [0.717, 1.165) is 23.7 Å². The second kappa shape index (κ2) is 5.16. The van der Waals surface area contributed by atoms with Crippen molar-refractivity contribution in [1.29, 1.82) is 0 Å². The van der Waals surface area contributed by atoms with Crippen LogP contribution in [0.25, 0.3) is 10.6 Å². The van der Waals surface area contributed by atoms with Crippen LogP contribution in [0.15, 0.2) is 24.5 Å². The second-order valence-electron chi connectivity index (χ2n) is 4.62. The number of hydrogen-bond donors (Lipinski definition) is 1. The minimum Gasteiger partial charge on any atom is -0.312 e. The Labute approximate surface area is 111 Å². The van der Waals surface area contributed by atoms with Crippen molar-refractivity contribution in [3.8, 4) is 10.6 Å². The molecule has 1 fully saturated rings. The van der Waals surface area contributed by atoms with E-state index in [1.54, 1.807) is 6.20 Å². The lowest BCUT2D eigenvalue weighted by Crippen LogP contribution is -2.11. The zero-order valence-electron chi connectivity index (χ0n) is 10.5. The van der Waals surface area contributed by atoms with E-state index in [4.69, 9.17) is 4.98 Å². The first-order valence-corrected chi connectivity index (χ1v) is 7.31. The smallest absolute Gasteiger partial charge is 0.125 e. The lowest BCUT2D eigenvalue weighted by atomic mass is 10.2. The monoisotopic (exact) mass is 259 g/mol. The van der Waals surface area contributed by atoms with E-state index in [-0.39, 0.29) is 0 Å². The van der Waals surface area contributed by atoms with E-state index in [0.29, 0.717) is 5.92 Å². The van der Waals surface area contributed by atoms with Gasteiger partial charge in [0, 0.05) is 35.3 Å². The number of pyridine rings is 1. The molecule has 4 heteroatoms. The molecule has 0 saturated heterocycles. The highest BCUT2D eigenvalue weighted by atomic mass is 32.1. The standard InChI is InChI=1S/C14H17N3S/c1-2-15-9-12-13(10-5-6-10)17-14(18-12)11-4-3-7-16-8-11/h3-4,7-8,10,15H,2,5-6,9H2,1H3. The fourth-order valence-corrected chi connectivity index (χ4v) is 3.12. The number of aromatic nitrogens is 2. The first-order chi connectivity index (χ1) is 8.88. The topological polar surface area (TPSA) is 37.8 Å². The van der Waals surface area contributed by atoms with Crippen molar-refractivity contribution < 1.29 is 0 Å². The van der Waals surface area contributed by atoms with E-state index >= 15 is 0 Å². The highest BCUT2D eigenvalue weighted by molar-refractivity contribution is 7.15. The van der Waals surface area contributed by atoms with Gasteiger partial charge >= 0.3 is 0 Å². The van der Waals surface area contributed by atoms with Crippen molar-refractivity contribution in [2.75, 3.05) is 6.54 Å². The summed E-state index contributed by atoms with van der Waals surface area (Å²) in [4.78, 5) is 10.4. The van der Waals surface area contributed by atoms with Crippen molar-refractivity contribution in [1.82, 2.24) is 15.3 Å². The van der Waals surface area contributed by atoms with Gasteiger partial charge in [0.25, 0.3) is 0 Å². The molecule has 2 heterocycles. The van der Waals surface area contributed by atoms with Crippen LogP contribution in [0, 0.1) is 0 Å². The van der Waals surface area contributed by atoms with Gasteiger partial charge in [0.15, 0.2) is 0 Å². The summed E-state index contributed by atoms with van der Waals surface area (Å²) in [6.07, 6.45) is 6.30. The maximum absolute atomic E-state index is 4.83. The van der Waals surface area contributed by atoms with E-state index in [1.807, 2.05) is 23.6 Å². The fourth-order valence-electron chi connectivity index (χ4n) is 2.02. The molecule has 2 aromatic heterocycles. The molecule has 0 atom stereocenters. The molecule has 1 aliphatic rings. The molecule has 1 saturated carbocycles. The SMILES string of the molecule is CCNCc1sc(-c2cccnc2)nc1C1CC1. The van der Waals surface area contributed by atoms with E-state index in [1.165, 1.54) is 23.4 Å². The average Bonchev–Trinajstić information content (AvgIpc) is 3.18. The molecule has 18 heavy (non-hydrogen) atoms. The molecule has 3 rings (SSSR count). The largest absolute Gasteiger partial charge is 0.312 e. The quantitative estimate of drug-likeness (QED) is 0.896. The summed E-state index contributed by atoms with van der Waals surface area (Å²) in [5.74, 6) is 0.709. The number of nitrogens with one attached hydrogen (secondary N) is 1. The molecule has 0 aromatic carbocycles. The minimum atomic E-state index is 0.709. The molecule has 0 unspecified atom stereocenters. The van der Waals surface area contributed by atoms with Crippen LogP contribution in [0.4, 0.5) is 0 Å². The fraction of sp³-hybridized carbons (Fsp3) is 0.429. The van der Waals surface area contributed by atoms with Crippen LogP contribution in [0.2, 0.25) is 0 Å². The minimum absolute atomic E-state index is 0.709. The second-order valence-corrected chi connectivity index (χ2v) is 5.71. The van der Waals surface area contributed by atoms with Crippen molar-refractivity contribution in [2.24, 2.45) is 0 Å². The van der Waals surface area contributed by atoms with Gasteiger partial charge in [0.1, 0.15) is 5.01 Å². The van der Waals surface area contributed by atoms with Gasteiger partial charge in [-0.05, 0) is 31.5 Å². The normalized spacial score (nSPS) is 14.9. The number of rotatable bonds is 5. The third-order valence-corrected chi connectivity index (χ3v) is 4.26. The van der Waals surface area contributed by atoms with E-state index < -0.39 is 0 Å². The number of thiazole rings is 1. The third-order valence-electron chi connectivity index (χ3n) is 3.14. The van der Waals surface area contributed by atoms with E-state index in [2.05, 4.69) is 23.3 Å². The number of nitrogens with zero attached hydrogens (tertiary/aromatic N) is 2. The predicted molar refractivity (Wildman–Crippen MR) is 74.7 cm³/mol. The Bertz CT molecular complexity index is 517. The summed E-state index contributed by atoms with van der Waals surface area (Å²) < 4.78 is 0. The summed E-state index contributed by atoms with van der Waals surface area (Å²) in [7, 11) is 0. The Morgan fingerprint density at radius 2 is 2.33 bits per heavy atom. The molecule has 1 aliphatic carbocycles. The lowest BCUT2D eigenvalue weighted by molar-refractivity contribution is 0.727. The average molecular weight is 259 g/mol. The van der Waals surface area contributed by atoms with Crippen LogP contribution in [0.1, 0.15) is 36.3 Å². The molecule has 0 aliphatic heterocycles. The van der Waals surface area contributed by atoms with Crippen LogP contribution in [0.5, 0.6) is 0 Å². The van der Waals surface area contributed by atoms with Gasteiger partial charge in [0.2, 0.25) is 0 Å². The van der Waals surface area contributed by atoms with Gasteiger partial charge in [-0.2, -0.15) is 0 Å². The molecule has 1 N–H and O–H groups in total. The van der Waals surface area contributed by atoms with Crippen LogP contribution in [-0.2, 0) is 6.54 Å². The van der Waals surface area contributed by atoms with Crippen molar-refractivity contribution in [2.45, 2.75) is 32.2 Å². The van der Waals surface area contributed by atoms with Crippen molar-refractivity contribution in [3.05, 3.63) is 35.1 Å². The van der Waals surface area contributed by atoms with Crippen LogP contribution in [0.3, 0.4) is 0 Å². The van der Waals surface area contributed by atoms with Crippen molar-refractivity contribution in [3.63, 3.8) is 0 Å². The molecule has 2 aromatic rings. The van der Waals surface area contributed by atoms with Gasteiger partial charge in [-0.25, -0.2) is 4.98 Å². The van der Waals surface area contributed by atoms with Gasteiger partial charge in [0.05, 0.1) is 5.69 Å². The molecule has 0 amide bonds. The Balaban J connectivity index is 1.91. The summed E-state index contributed by atoms with van der Waals surface area (Å²) >= 11 is 1.81. The Kier molecular flexibility index (Phi) is 3.39. The van der Waals surface area contributed by atoms with Gasteiger partial charge in [-0.15, -0.1) is 11.3 Å². The highest BCUT2D eigenvalue weighted by Crippen LogP contribution is 2.44. The van der Waals surface area contributed by atoms with Crippen molar-refractivity contribution >= 4 is 11.3 Å². The summed E-state index contributed by atoms with van der Waals surface area (Å²) in [5.41, 5.74) is 2.45. The molecule has 94 valence electrons. The van der Waals surface area contributed by atoms with Gasteiger partial charge < -0.3 is 5.32 Å². The zero-order valence-corrected chi connectivity index (χ0v) is 11.3. The lowest BCUT2D eigenvalue weighted by Gasteiger charge is -2.00. The molecular weight excluding hydrogens is 242 g/mol. The molecule has 3 nitrogen and oxygen atoms in total. The Morgan fingerprint density at radius 3 is 3.00 bits per heavy atom. The highest BCUT2D eigenvalue weighted by Gasteiger charge is 2.29. The molecule has 0 spiro atoms. The third kappa shape index (κ3) is 2.44. The summed E-state index contributed by atoms with van der Waals surface area (Å²) in [5, 5.41) is 4.52. The maximum atomic E-state index is 4.83. The predicted octanol–water partition coefficient (Wildman–Crippen LogP) is 3.19. The van der Waals surface area contributed by atoms with Gasteiger partial charge in [-0.1, -0.05) is 6.92 Å². The summed E-state index contributed by atoms with van der Waals surface area (Å²) in [6, 6.07) is 4.05. The molecule has 0 radical (unpaired) electrons. The zero-order chi connectivity index (χ0) is 12.4. The summed E-state index contributed by atoms with van der Waals surface area (Å²) in [6.45, 7) is 4.09. The Morgan fingerprint density at radius 1 is 1.44 bits per heavy atom. The van der Waals surface area contributed by atoms with Gasteiger partial charge in [-0.3, -0.25) is 4.98 Å². The maximum Gasteiger partial charge on any atom is 0.125 e. The Hall–Kier alpha value is -1.26.